The molecule has 0 spiro atoms. The van der Waals surface area contributed by atoms with Gasteiger partial charge in [-0.25, -0.2) is 4.57 Å². The van der Waals surface area contributed by atoms with Gasteiger partial charge in [-0.15, -0.1) is 0 Å². The smallest absolute Gasteiger partial charge is 0.472 e. The van der Waals surface area contributed by atoms with Crippen LogP contribution in [-0.4, -0.2) is 69.0 Å². The zero-order valence-electron chi connectivity index (χ0n) is 33.7. The average Bonchev–Trinajstić information content (AvgIpc) is 3.06. The molecule has 0 aromatic carbocycles. The lowest BCUT2D eigenvalue weighted by molar-refractivity contribution is -0.870. The first kappa shape index (κ1) is 49.1. The van der Waals surface area contributed by atoms with Crippen molar-refractivity contribution in [3.63, 3.8) is 0 Å². The van der Waals surface area contributed by atoms with Crippen molar-refractivity contribution in [3.8, 4) is 0 Å². The number of hydrogen-bond donors (Lipinski definition) is 1. The molecule has 0 aliphatic carbocycles. The molecule has 0 aliphatic heterocycles. The van der Waals surface area contributed by atoms with E-state index in [-0.39, 0.29) is 25.8 Å². The molecule has 0 fully saturated rings. The van der Waals surface area contributed by atoms with Crippen molar-refractivity contribution in [3.05, 3.63) is 12.3 Å². The van der Waals surface area contributed by atoms with Crippen LogP contribution in [0.3, 0.4) is 0 Å². The Morgan fingerprint density at radius 1 is 0.620 bits per heavy atom. The van der Waals surface area contributed by atoms with Crippen LogP contribution >= 0.6 is 7.82 Å². The molecule has 50 heavy (non-hydrogen) atoms. The Balaban J connectivity index is 4.22. The maximum atomic E-state index is 12.6. The van der Waals surface area contributed by atoms with E-state index in [2.05, 4.69) is 13.8 Å². The normalized spacial score (nSPS) is 13.9. The third-order valence-corrected chi connectivity index (χ3v) is 10.2. The van der Waals surface area contributed by atoms with Crippen LogP contribution in [0.4, 0.5) is 0 Å². The first-order valence-electron chi connectivity index (χ1n) is 21.0. The molecule has 0 radical (unpaired) electrons. The van der Waals surface area contributed by atoms with Gasteiger partial charge in [0, 0.05) is 6.42 Å². The second-order valence-corrected chi connectivity index (χ2v) is 16.9. The predicted octanol–water partition coefficient (Wildman–Crippen LogP) is 12.2. The number of ether oxygens (including phenoxy) is 2. The zero-order chi connectivity index (χ0) is 37.0. The number of nitrogens with zero attached hydrogens (tertiary/aromatic N) is 1. The van der Waals surface area contributed by atoms with E-state index >= 15 is 0 Å². The van der Waals surface area contributed by atoms with Crippen molar-refractivity contribution in [1.29, 1.82) is 0 Å². The molecule has 1 unspecified atom stereocenters. The molecule has 2 atom stereocenters. The van der Waals surface area contributed by atoms with Gasteiger partial charge in [-0.3, -0.25) is 13.8 Å². The summed E-state index contributed by atoms with van der Waals surface area (Å²) < 4.78 is 34.6. The molecule has 9 heteroatoms. The molecule has 0 aromatic rings. The number of rotatable bonds is 39. The van der Waals surface area contributed by atoms with Gasteiger partial charge in [0.2, 0.25) is 0 Å². The summed E-state index contributed by atoms with van der Waals surface area (Å²) in [6.45, 7) is 4.94. The van der Waals surface area contributed by atoms with Crippen molar-refractivity contribution in [1.82, 2.24) is 0 Å². The number of unbranched alkanes of at least 4 members (excludes halogenated alkanes) is 25. The Bertz CT molecular complexity index is 817. The zero-order valence-corrected chi connectivity index (χ0v) is 34.5. The van der Waals surface area contributed by atoms with Gasteiger partial charge in [-0.1, -0.05) is 168 Å². The SMILES string of the molecule is CCCCCCCCCCCCCCCCCC/C=C\OC[C@H](COP(=O)(O)OCC[N+](C)(C)C)OC(=O)CCCCCCCCCCCC. The number of carbonyl (C=O) groups excluding carboxylic acids is 1. The fraction of sp³-hybridized carbons (Fsp3) is 0.927. The van der Waals surface area contributed by atoms with Crippen LogP contribution in [0, 0.1) is 0 Å². The largest absolute Gasteiger partial charge is 0.498 e. The summed E-state index contributed by atoms with van der Waals surface area (Å²) in [5, 5.41) is 0. The van der Waals surface area contributed by atoms with Gasteiger partial charge in [-0.05, 0) is 25.3 Å². The summed E-state index contributed by atoms with van der Waals surface area (Å²) in [6.07, 6.45) is 37.7. The number of phosphoric ester groups is 1. The number of esters is 1. The molecule has 0 amide bonds. The van der Waals surface area contributed by atoms with Gasteiger partial charge in [-0.2, -0.15) is 0 Å². The van der Waals surface area contributed by atoms with Crippen LogP contribution in [0.1, 0.15) is 194 Å². The fourth-order valence-electron chi connectivity index (χ4n) is 5.87. The van der Waals surface area contributed by atoms with Crippen LogP contribution in [-0.2, 0) is 27.9 Å². The number of likely N-dealkylation sites (N-methyl/N-ethyl adjacent to an activating group) is 1. The van der Waals surface area contributed by atoms with Crippen molar-refractivity contribution < 1.29 is 37.3 Å². The molecule has 8 nitrogen and oxygen atoms in total. The first-order valence-corrected chi connectivity index (χ1v) is 22.5. The van der Waals surface area contributed by atoms with Gasteiger partial charge in [0.1, 0.15) is 19.8 Å². The fourth-order valence-corrected chi connectivity index (χ4v) is 6.61. The highest BCUT2D eigenvalue weighted by atomic mass is 31.2. The molecule has 0 heterocycles. The number of quaternary nitrogens is 1. The van der Waals surface area contributed by atoms with E-state index < -0.39 is 13.9 Å². The van der Waals surface area contributed by atoms with Crippen molar-refractivity contribution in [2.24, 2.45) is 0 Å². The minimum atomic E-state index is -4.28. The summed E-state index contributed by atoms with van der Waals surface area (Å²) >= 11 is 0. The highest BCUT2D eigenvalue weighted by Gasteiger charge is 2.26. The Labute approximate surface area is 310 Å². The highest BCUT2D eigenvalue weighted by Crippen LogP contribution is 2.43. The van der Waals surface area contributed by atoms with Crippen LogP contribution in [0.25, 0.3) is 0 Å². The highest BCUT2D eigenvalue weighted by molar-refractivity contribution is 7.47. The van der Waals surface area contributed by atoms with Crippen LogP contribution in [0.15, 0.2) is 12.3 Å². The van der Waals surface area contributed by atoms with E-state index in [1.54, 1.807) is 6.26 Å². The van der Waals surface area contributed by atoms with E-state index in [0.29, 0.717) is 17.4 Å². The summed E-state index contributed by atoms with van der Waals surface area (Å²) in [6, 6.07) is 0. The van der Waals surface area contributed by atoms with Crippen LogP contribution in [0.2, 0.25) is 0 Å². The number of allylic oxidation sites excluding steroid dienone is 1. The van der Waals surface area contributed by atoms with E-state index in [9.17, 15) is 14.3 Å². The Kier molecular flexibility index (Phi) is 34.5. The van der Waals surface area contributed by atoms with E-state index in [1.807, 2.05) is 27.2 Å². The molecule has 0 aromatic heterocycles. The standard InChI is InChI=1S/C41H82NO7P/c1-6-8-10-12-14-16-18-19-20-21-22-23-24-25-27-29-31-33-36-46-38-40(39-48-50(44,45)47-37-35-42(3,4)5)49-41(43)34-32-30-28-26-17-15-13-11-9-7-2/h33,36,40H,6-32,34-35,37-39H2,1-5H3/p+1/b36-33-/t40-/m1/s1. The molecule has 0 saturated heterocycles. The molecule has 0 saturated carbocycles. The second-order valence-electron chi connectivity index (χ2n) is 15.5. The molecular formula is C41H83NO7P+. The third kappa shape index (κ3) is 38.3. The van der Waals surface area contributed by atoms with Gasteiger partial charge in [0.25, 0.3) is 0 Å². The van der Waals surface area contributed by atoms with Gasteiger partial charge in [0.05, 0.1) is 34.0 Å². The van der Waals surface area contributed by atoms with Crippen molar-refractivity contribution in [2.45, 2.75) is 200 Å². The topological polar surface area (TPSA) is 91.3 Å². The minimum absolute atomic E-state index is 0.0537. The Hall–Kier alpha value is -0.920. The molecule has 298 valence electrons. The maximum absolute atomic E-state index is 12.6. The maximum Gasteiger partial charge on any atom is 0.472 e. The number of carbonyl (C=O) groups is 1. The quantitative estimate of drug-likeness (QED) is 0.0221. The lowest BCUT2D eigenvalue weighted by atomic mass is 10.0. The second kappa shape index (κ2) is 35.1. The van der Waals surface area contributed by atoms with Crippen molar-refractivity contribution in [2.75, 3.05) is 47.5 Å². The Morgan fingerprint density at radius 2 is 1.04 bits per heavy atom. The van der Waals surface area contributed by atoms with Crippen LogP contribution < -0.4 is 0 Å². The molecule has 1 N–H and O–H groups in total. The summed E-state index contributed by atoms with van der Waals surface area (Å²) in [5.41, 5.74) is 0. The van der Waals surface area contributed by atoms with Gasteiger partial charge in [0.15, 0.2) is 6.10 Å². The van der Waals surface area contributed by atoms with Gasteiger partial charge < -0.3 is 18.9 Å². The van der Waals surface area contributed by atoms with Gasteiger partial charge >= 0.3 is 13.8 Å². The monoisotopic (exact) mass is 733 g/mol. The lowest BCUT2D eigenvalue weighted by Crippen LogP contribution is -2.37. The third-order valence-electron chi connectivity index (χ3n) is 9.17. The predicted molar refractivity (Wildman–Crippen MR) is 210 cm³/mol. The van der Waals surface area contributed by atoms with E-state index in [1.165, 1.54) is 141 Å². The van der Waals surface area contributed by atoms with E-state index in [0.717, 1.165) is 32.1 Å². The van der Waals surface area contributed by atoms with Crippen molar-refractivity contribution >= 4 is 13.8 Å². The molecular weight excluding hydrogens is 649 g/mol. The first-order chi connectivity index (χ1) is 24.1. The molecule has 0 bridgehead atoms. The Morgan fingerprint density at radius 3 is 1.48 bits per heavy atom. The van der Waals surface area contributed by atoms with Crippen LogP contribution in [0.5, 0.6) is 0 Å². The van der Waals surface area contributed by atoms with E-state index in [4.69, 9.17) is 18.5 Å². The minimum Gasteiger partial charge on any atom is -0.498 e. The molecule has 0 rings (SSSR count). The summed E-state index contributed by atoms with van der Waals surface area (Å²) in [5.74, 6) is -0.336. The number of hydrogen-bond acceptors (Lipinski definition) is 6. The molecule has 0 aliphatic rings. The lowest BCUT2D eigenvalue weighted by Gasteiger charge is -2.24. The summed E-state index contributed by atoms with van der Waals surface area (Å²) in [7, 11) is 1.65. The number of phosphoric acid groups is 1. The summed E-state index contributed by atoms with van der Waals surface area (Å²) in [4.78, 5) is 22.7. The average molecular weight is 733 g/mol.